The fraction of sp³-hybridized carbons (Fsp3) is 0.500. The van der Waals surface area contributed by atoms with Gasteiger partial charge in [-0.1, -0.05) is 15.9 Å². The van der Waals surface area contributed by atoms with Gasteiger partial charge in [0.1, 0.15) is 0 Å². The smallest absolute Gasteiger partial charge is 0.238 e. The minimum absolute atomic E-state index is 0.0168. The van der Waals surface area contributed by atoms with E-state index in [1.807, 2.05) is 30.0 Å². The van der Waals surface area contributed by atoms with Gasteiger partial charge < -0.3 is 15.2 Å². The number of ether oxygens (including phenoxy) is 1. The summed E-state index contributed by atoms with van der Waals surface area (Å²) in [6.07, 6.45) is -0.205. The molecule has 1 fully saturated rings. The minimum Gasteiger partial charge on any atom is -0.394 e. The van der Waals surface area contributed by atoms with Crippen molar-refractivity contribution in [1.29, 1.82) is 0 Å². The lowest BCUT2D eigenvalue weighted by atomic mass is 10.2. The molecule has 1 aromatic rings. The number of aliphatic hydroxyl groups excluding tert-OH is 1. The second-order valence-electron chi connectivity index (χ2n) is 5.12. The van der Waals surface area contributed by atoms with E-state index in [0.717, 1.165) is 14.6 Å². The molecule has 7 heteroatoms. The Morgan fingerprint density at radius 1 is 1.48 bits per heavy atom. The maximum atomic E-state index is 12.1. The summed E-state index contributed by atoms with van der Waals surface area (Å²) in [7, 11) is 0. The summed E-state index contributed by atoms with van der Waals surface area (Å²) in [5, 5.41) is 12.1. The molecule has 1 aliphatic rings. The molecule has 2 atom stereocenters. The van der Waals surface area contributed by atoms with Crippen LogP contribution in [-0.2, 0) is 9.53 Å². The van der Waals surface area contributed by atoms with Crippen LogP contribution in [0.2, 0.25) is 0 Å². The van der Waals surface area contributed by atoms with Gasteiger partial charge in [-0.25, -0.2) is 0 Å². The first-order valence-corrected chi connectivity index (χ1v) is 8.30. The first-order chi connectivity index (χ1) is 9.97. The van der Waals surface area contributed by atoms with Crippen LogP contribution < -0.4 is 5.32 Å². The van der Waals surface area contributed by atoms with Crippen LogP contribution >= 0.6 is 31.9 Å². The zero-order valence-electron chi connectivity index (χ0n) is 11.7. The molecular formula is C14H18Br2N2O3. The second-order valence-corrected chi connectivity index (χ2v) is 6.89. The maximum absolute atomic E-state index is 12.1. The lowest BCUT2D eigenvalue weighted by Crippen LogP contribution is -2.50. The normalized spacial score (nSPS) is 23.0. The monoisotopic (exact) mass is 420 g/mol. The van der Waals surface area contributed by atoms with Gasteiger partial charge in [0, 0.05) is 22.0 Å². The van der Waals surface area contributed by atoms with Gasteiger partial charge in [-0.05, 0) is 41.1 Å². The fourth-order valence-corrected chi connectivity index (χ4v) is 3.50. The Morgan fingerprint density at radius 2 is 2.24 bits per heavy atom. The van der Waals surface area contributed by atoms with Crippen LogP contribution in [0.1, 0.15) is 6.92 Å². The molecule has 1 aliphatic heterocycles. The highest BCUT2D eigenvalue weighted by molar-refractivity contribution is 9.11. The van der Waals surface area contributed by atoms with Crippen LogP contribution in [0.15, 0.2) is 27.1 Å². The van der Waals surface area contributed by atoms with Crippen molar-refractivity contribution in [1.82, 2.24) is 4.90 Å². The van der Waals surface area contributed by atoms with Crippen LogP contribution in [0.3, 0.4) is 0 Å². The Bertz CT molecular complexity index is 513. The number of nitrogens with one attached hydrogen (secondary N) is 1. The third kappa shape index (κ3) is 5.03. The number of anilines is 1. The van der Waals surface area contributed by atoms with Crippen molar-refractivity contribution in [2.24, 2.45) is 0 Å². The van der Waals surface area contributed by atoms with Crippen LogP contribution in [0.5, 0.6) is 0 Å². The standard InChI is InChI=1S/C14H18Br2N2O3/c1-9-5-18(6-11(8-19)21-9)7-14(20)17-13-3-2-10(15)4-12(13)16/h2-4,9,11,19H,5-8H2,1H3,(H,17,20). The first kappa shape index (κ1) is 16.9. The Morgan fingerprint density at radius 3 is 2.90 bits per heavy atom. The van der Waals surface area contributed by atoms with Crippen LogP contribution in [-0.4, -0.2) is 54.4 Å². The van der Waals surface area contributed by atoms with Gasteiger partial charge in [-0.15, -0.1) is 0 Å². The van der Waals surface area contributed by atoms with E-state index in [1.54, 1.807) is 0 Å². The Balaban J connectivity index is 1.92. The number of hydrogen-bond acceptors (Lipinski definition) is 4. The van der Waals surface area contributed by atoms with Crippen molar-refractivity contribution < 1.29 is 14.6 Å². The first-order valence-electron chi connectivity index (χ1n) is 6.71. The van der Waals surface area contributed by atoms with Gasteiger partial charge in [0.2, 0.25) is 5.91 Å². The fourth-order valence-electron chi connectivity index (χ4n) is 2.35. The third-order valence-corrected chi connectivity index (χ3v) is 4.33. The van der Waals surface area contributed by atoms with Crippen molar-refractivity contribution in [3.8, 4) is 0 Å². The minimum atomic E-state index is -0.221. The summed E-state index contributed by atoms with van der Waals surface area (Å²) in [6.45, 7) is 3.45. The number of halogens is 2. The topological polar surface area (TPSA) is 61.8 Å². The zero-order valence-corrected chi connectivity index (χ0v) is 14.9. The number of benzene rings is 1. The number of carbonyl (C=O) groups excluding carboxylic acids is 1. The molecule has 0 aromatic heterocycles. The number of amides is 1. The van der Waals surface area contributed by atoms with Gasteiger partial charge >= 0.3 is 0 Å². The van der Waals surface area contributed by atoms with Crippen LogP contribution in [0, 0.1) is 0 Å². The van der Waals surface area contributed by atoms with Gasteiger partial charge in [-0.2, -0.15) is 0 Å². The predicted octanol–water partition coefficient (Wildman–Crippen LogP) is 2.23. The molecule has 0 aliphatic carbocycles. The summed E-state index contributed by atoms with van der Waals surface area (Å²) in [5.41, 5.74) is 0.739. The Kier molecular flexibility index (Phi) is 6.19. The zero-order chi connectivity index (χ0) is 15.4. The molecule has 0 spiro atoms. The van der Waals surface area contributed by atoms with Gasteiger partial charge in [0.15, 0.2) is 0 Å². The molecule has 116 valence electrons. The van der Waals surface area contributed by atoms with Crippen molar-refractivity contribution in [3.05, 3.63) is 27.1 Å². The summed E-state index contributed by atoms with van der Waals surface area (Å²) in [6, 6.07) is 5.59. The van der Waals surface area contributed by atoms with E-state index in [2.05, 4.69) is 37.2 Å². The average Bonchev–Trinajstić information content (AvgIpc) is 2.41. The van der Waals surface area contributed by atoms with E-state index >= 15 is 0 Å². The number of rotatable bonds is 4. The summed E-state index contributed by atoms with van der Waals surface area (Å²) >= 11 is 6.79. The number of hydrogen-bond donors (Lipinski definition) is 2. The molecule has 1 aromatic carbocycles. The molecule has 2 unspecified atom stereocenters. The predicted molar refractivity (Wildman–Crippen MR) is 88.3 cm³/mol. The third-order valence-electron chi connectivity index (χ3n) is 3.18. The molecule has 2 rings (SSSR count). The maximum Gasteiger partial charge on any atom is 0.238 e. The molecule has 2 N–H and O–H groups in total. The summed E-state index contributed by atoms with van der Waals surface area (Å²) in [5.74, 6) is -0.0798. The highest BCUT2D eigenvalue weighted by Crippen LogP contribution is 2.26. The highest BCUT2D eigenvalue weighted by atomic mass is 79.9. The van der Waals surface area contributed by atoms with Crippen LogP contribution in [0.25, 0.3) is 0 Å². The van der Waals surface area contributed by atoms with E-state index in [4.69, 9.17) is 4.74 Å². The van der Waals surface area contributed by atoms with Crippen molar-refractivity contribution >= 4 is 43.5 Å². The lowest BCUT2D eigenvalue weighted by molar-refractivity contribution is -0.124. The van der Waals surface area contributed by atoms with Gasteiger partial charge in [0.25, 0.3) is 0 Å². The van der Waals surface area contributed by atoms with E-state index in [9.17, 15) is 9.90 Å². The number of carbonyl (C=O) groups is 1. The highest BCUT2D eigenvalue weighted by Gasteiger charge is 2.26. The Labute approximate surface area is 140 Å². The Hall–Kier alpha value is -0.470. The van der Waals surface area contributed by atoms with Crippen molar-refractivity contribution in [2.45, 2.75) is 19.1 Å². The molecule has 0 saturated carbocycles. The lowest BCUT2D eigenvalue weighted by Gasteiger charge is -2.35. The van der Waals surface area contributed by atoms with Crippen LogP contribution in [0.4, 0.5) is 5.69 Å². The SMILES string of the molecule is CC1CN(CC(=O)Nc2ccc(Br)cc2Br)CC(CO)O1. The number of aliphatic hydroxyl groups is 1. The number of nitrogens with zero attached hydrogens (tertiary/aromatic N) is 1. The largest absolute Gasteiger partial charge is 0.394 e. The van der Waals surface area contributed by atoms with E-state index in [0.29, 0.717) is 13.1 Å². The van der Waals surface area contributed by atoms with Gasteiger partial charge in [-0.3, -0.25) is 9.69 Å². The second kappa shape index (κ2) is 7.69. The molecule has 1 heterocycles. The van der Waals surface area contributed by atoms with E-state index in [1.165, 1.54) is 0 Å². The molecule has 0 radical (unpaired) electrons. The van der Waals surface area contributed by atoms with E-state index < -0.39 is 0 Å². The van der Waals surface area contributed by atoms with Gasteiger partial charge in [0.05, 0.1) is 31.0 Å². The molecular weight excluding hydrogens is 404 g/mol. The molecule has 1 amide bonds. The molecule has 1 saturated heterocycles. The quantitative estimate of drug-likeness (QED) is 0.782. The molecule has 21 heavy (non-hydrogen) atoms. The summed E-state index contributed by atoms with van der Waals surface area (Å²) < 4.78 is 7.33. The van der Waals surface area contributed by atoms with Crippen molar-refractivity contribution in [3.63, 3.8) is 0 Å². The molecule has 5 nitrogen and oxygen atoms in total. The van der Waals surface area contributed by atoms with E-state index in [-0.39, 0.29) is 31.3 Å². The summed E-state index contributed by atoms with van der Waals surface area (Å²) in [4.78, 5) is 14.1. The average molecular weight is 422 g/mol. The van der Waals surface area contributed by atoms with Crippen molar-refractivity contribution in [2.75, 3.05) is 31.6 Å². The molecule has 0 bridgehead atoms. The number of morpholine rings is 1.